The summed E-state index contributed by atoms with van der Waals surface area (Å²) in [5, 5.41) is 0. The van der Waals surface area contributed by atoms with E-state index in [0.717, 1.165) is 5.92 Å². The molecule has 0 unspecified atom stereocenters. The molecule has 0 N–H and O–H groups in total. The largest absolute Gasteiger partial charge is 0.131 e. The minimum atomic E-state index is -1.18. The third-order valence-electron chi connectivity index (χ3n) is 2.12. The van der Waals surface area contributed by atoms with Crippen LogP contribution >= 0.6 is 0 Å². The third kappa shape index (κ3) is 8.38. The first kappa shape index (κ1) is 13.8. The van der Waals surface area contributed by atoms with Gasteiger partial charge in [-0.2, -0.15) is 0 Å². The second-order valence-electron chi connectivity index (χ2n) is 6.32. The molecule has 0 nitrogen and oxygen atoms in total. The summed E-state index contributed by atoms with van der Waals surface area (Å²) >= 11 is 0. The predicted molar refractivity (Wildman–Crippen MR) is 69.0 cm³/mol. The monoisotopic (exact) mass is 210 g/mol. The maximum absolute atomic E-state index is 3.47. The molecule has 0 spiro atoms. The molecule has 0 aromatic heterocycles. The highest BCUT2D eigenvalue weighted by Gasteiger charge is 2.16. The average Bonchev–Trinajstić information content (AvgIpc) is 1.97. The van der Waals surface area contributed by atoms with Crippen LogP contribution in [0.3, 0.4) is 0 Å². The molecule has 0 aliphatic rings. The highest BCUT2D eigenvalue weighted by atomic mass is 28.3. The van der Waals surface area contributed by atoms with Crippen molar-refractivity contribution in [3.63, 3.8) is 0 Å². The average molecular weight is 210 g/mol. The van der Waals surface area contributed by atoms with Crippen LogP contribution in [0, 0.1) is 22.8 Å². The Labute approximate surface area is 91.5 Å². The molecule has 0 bridgehead atoms. The summed E-state index contributed by atoms with van der Waals surface area (Å²) in [6, 6.07) is 0. The quantitative estimate of drug-likeness (QED) is 0.480. The third-order valence-corrected chi connectivity index (χ3v) is 3.00. The second-order valence-corrected chi connectivity index (χ2v) is 11.1. The Morgan fingerprint density at radius 2 is 1.64 bits per heavy atom. The Morgan fingerprint density at radius 1 is 1.14 bits per heavy atom. The Morgan fingerprint density at radius 3 is 2.00 bits per heavy atom. The Hall–Kier alpha value is -0.223. The van der Waals surface area contributed by atoms with Gasteiger partial charge in [-0.15, -0.1) is 11.5 Å². The van der Waals surface area contributed by atoms with Crippen LogP contribution in [0.25, 0.3) is 0 Å². The van der Waals surface area contributed by atoms with E-state index in [2.05, 4.69) is 58.8 Å². The fourth-order valence-corrected chi connectivity index (χ4v) is 1.78. The lowest BCUT2D eigenvalue weighted by Crippen LogP contribution is -2.19. The van der Waals surface area contributed by atoms with Crippen molar-refractivity contribution < 1.29 is 0 Å². The van der Waals surface area contributed by atoms with Gasteiger partial charge >= 0.3 is 0 Å². The van der Waals surface area contributed by atoms with E-state index in [0.29, 0.717) is 0 Å². The van der Waals surface area contributed by atoms with Gasteiger partial charge in [-0.25, -0.2) is 0 Å². The molecule has 0 radical (unpaired) electrons. The van der Waals surface area contributed by atoms with Gasteiger partial charge in [-0.1, -0.05) is 33.5 Å². The smallest absolute Gasteiger partial charge is 0.129 e. The van der Waals surface area contributed by atoms with Crippen molar-refractivity contribution in [3.05, 3.63) is 0 Å². The van der Waals surface area contributed by atoms with Crippen LogP contribution in [0.2, 0.25) is 19.6 Å². The number of hydrogen-bond acceptors (Lipinski definition) is 0. The van der Waals surface area contributed by atoms with Gasteiger partial charge in [0, 0.05) is 5.41 Å². The van der Waals surface area contributed by atoms with Gasteiger partial charge in [-0.3, -0.25) is 0 Å². The molecule has 0 amide bonds. The zero-order valence-electron chi connectivity index (χ0n) is 11.0. The first-order valence-corrected chi connectivity index (χ1v) is 9.17. The maximum Gasteiger partial charge on any atom is 0.129 e. The summed E-state index contributed by atoms with van der Waals surface area (Å²) < 4.78 is 0. The first-order valence-electron chi connectivity index (χ1n) is 5.67. The first-order chi connectivity index (χ1) is 6.12. The van der Waals surface area contributed by atoms with Gasteiger partial charge in [0.2, 0.25) is 0 Å². The van der Waals surface area contributed by atoms with E-state index in [9.17, 15) is 0 Å². The molecule has 0 fully saturated rings. The zero-order chi connectivity index (χ0) is 11.4. The summed E-state index contributed by atoms with van der Waals surface area (Å²) in [5.41, 5.74) is 3.69. The van der Waals surface area contributed by atoms with Gasteiger partial charge in [0.15, 0.2) is 0 Å². The second kappa shape index (κ2) is 5.03. The molecular weight excluding hydrogens is 184 g/mol. The van der Waals surface area contributed by atoms with Crippen LogP contribution in [0.15, 0.2) is 0 Å². The Kier molecular flexibility index (Phi) is 4.95. The van der Waals surface area contributed by atoms with Crippen molar-refractivity contribution in [2.24, 2.45) is 11.3 Å². The standard InChI is InChI=1S/C13H26Si/c1-12(2)8-9-13(3,4)10-11-14(5,6)7/h12H,8-9H2,1-7H3. The zero-order valence-corrected chi connectivity index (χ0v) is 12.0. The molecule has 0 heterocycles. The summed E-state index contributed by atoms with van der Waals surface area (Å²) in [7, 11) is -1.18. The molecular formula is C13H26Si. The fraction of sp³-hybridized carbons (Fsp3) is 0.846. The van der Waals surface area contributed by atoms with Gasteiger partial charge < -0.3 is 0 Å². The molecule has 0 aromatic carbocycles. The topological polar surface area (TPSA) is 0 Å². The van der Waals surface area contributed by atoms with Crippen LogP contribution in [-0.4, -0.2) is 8.07 Å². The van der Waals surface area contributed by atoms with Crippen molar-refractivity contribution in [3.8, 4) is 11.5 Å². The number of rotatable bonds is 3. The molecule has 0 saturated carbocycles. The Bertz CT molecular complexity index is 220. The van der Waals surface area contributed by atoms with Gasteiger partial charge in [0.1, 0.15) is 8.07 Å². The molecule has 0 saturated heterocycles. The summed E-state index contributed by atoms with van der Waals surface area (Å²) in [4.78, 5) is 0. The maximum atomic E-state index is 3.47. The van der Waals surface area contributed by atoms with E-state index < -0.39 is 8.07 Å². The number of hydrogen-bond donors (Lipinski definition) is 0. The molecule has 0 aliphatic carbocycles. The predicted octanol–water partition coefficient (Wildman–Crippen LogP) is 4.33. The van der Waals surface area contributed by atoms with E-state index in [1.807, 2.05) is 0 Å². The fourth-order valence-electron chi connectivity index (χ4n) is 1.07. The van der Waals surface area contributed by atoms with E-state index in [-0.39, 0.29) is 5.41 Å². The van der Waals surface area contributed by atoms with Gasteiger partial charge in [-0.05, 0) is 32.6 Å². The molecule has 14 heavy (non-hydrogen) atoms. The summed E-state index contributed by atoms with van der Waals surface area (Å²) in [6.07, 6.45) is 2.51. The summed E-state index contributed by atoms with van der Waals surface area (Å²) in [6.45, 7) is 16.0. The van der Waals surface area contributed by atoms with Gasteiger partial charge in [0.05, 0.1) is 0 Å². The van der Waals surface area contributed by atoms with Crippen LogP contribution in [0.4, 0.5) is 0 Å². The highest BCUT2D eigenvalue weighted by molar-refractivity contribution is 6.83. The van der Waals surface area contributed by atoms with Crippen molar-refractivity contribution >= 4 is 8.07 Å². The van der Waals surface area contributed by atoms with Crippen molar-refractivity contribution in [1.29, 1.82) is 0 Å². The molecule has 0 atom stereocenters. The van der Waals surface area contributed by atoms with Crippen LogP contribution in [0.1, 0.15) is 40.5 Å². The highest BCUT2D eigenvalue weighted by Crippen LogP contribution is 2.23. The lowest BCUT2D eigenvalue weighted by Gasteiger charge is -2.19. The minimum Gasteiger partial charge on any atom is -0.131 e. The van der Waals surface area contributed by atoms with Crippen molar-refractivity contribution in [2.75, 3.05) is 0 Å². The molecule has 0 aromatic rings. The van der Waals surface area contributed by atoms with Crippen molar-refractivity contribution in [2.45, 2.75) is 60.2 Å². The Balaban J connectivity index is 4.24. The molecule has 0 aliphatic heterocycles. The van der Waals surface area contributed by atoms with E-state index >= 15 is 0 Å². The van der Waals surface area contributed by atoms with E-state index in [1.54, 1.807) is 0 Å². The lowest BCUT2D eigenvalue weighted by molar-refractivity contribution is 0.398. The van der Waals surface area contributed by atoms with E-state index in [1.165, 1.54) is 12.8 Å². The van der Waals surface area contributed by atoms with E-state index in [4.69, 9.17) is 0 Å². The van der Waals surface area contributed by atoms with Gasteiger partial charge in [0.25, 0.3) is 0 Å². The van der Waals surface area contributed by atoms with Crippen LogP contribution < -0.4 is 0 Å². The van der Waals surface area contributed by atoms with Crippen LogP contribution in [-0.2, 0) is 0 Å². The lowest BCUT2D eigenvalue weighted by atomic mass is 9.86. The molecule has 0 rings (SSSR count). The molecule has 1 heteroatoms. The molecule has 82 valence electrons. The summed E-state index contributed by atoms with van der Waals surface area (Å²) in [5.74, 6) is 4.26. The van der Waals surface area contributed by atoms with Crippen molar-refractivity contribution in [1.82, 2.24) is 0 Å². The minimum absolute atomic E-state index is 0.213. The SMILES string of the molecule is CC(C)CCC(C)(C)C#C[Si](C)(C)C. The van der Waals surface area contributed by atoms with Crippen LogP contribution in [0.5, 0.6) is 0 Å². The normalized spacial score (nSPS) is 12.6.